The highest BCUT2D eigenvalue weighted by atomic mass is 19.1. The number of ketones is 1. The van der Waals surface area contributed by atoms with E-state index in [-0.39, 0.29) is 29.1 Å². The maximum Gasteiger partial charge on any atom is 0.208 e. The van der Waals surface area contributed by atoms with Crippen LogP contribution < -0.4 is 10.1 Å². The highest BCUT2D eigenvalue weighted by Gasteiger charge is 2.23. The molecule has 5 nitrogen and oxygen atoms in total. The van der Waals surface area contributed by atoms with Crippen molar-refractivity contribution in [2.75, 3.05) is 13.2 Å². The van der Waals surface area contributed by atoms with Crippen LogP contribution >= 0.6 is 0 Å². The van der Waals surface area contributed by atoms with Gasteiger partial charge in [0.2, 0.25) is 5.78 Å². The van der Waals surface area contributed by atoms with Crippen LogP contribution in [-0.4, -0.2) is 18.9 Å². The van der Waals surface area contributed by atoms with Gasteiger partial charge >= 0.3 is 0 Å². The molecule has 1 aliphatic heterocycles. The van der Waals surface area contributed by atoms with E-state index in [1.807, 2.05) is 12.1 Å². The van der Waals surface area contributed by atoms with Crippen molar-refractivity contribution >= 4 is 5.78 Å². The fraction of sp³-hybridized carbons (Fsp3) is 0.278. The molecule has 0 unspecified atom stereocenters. The lowest BCUT2D eigenvalue weighted by molar-refractivity contribution is 0.103. The van der Waals surface area contributed by atoms with Gasteiger partial charge in [-0.2, -0.15) is 10.5 Å². The van der Waals surface area contributed by atoms with Crippen LogP contribution in [0.2, 0.25) is 0 Å². The zero-order valence-electron chi connectivity index (χ0n) is 13.1. The summed E-state index contributed by atoms with van der Waals surface area (Å²) in [5.74, 6) is -1.49. The van der Waals surface area contributed by atoms with Crippen LogP contribution in [0.25, 0.3) is 0 Å². The van der Waals surface area contributed by atoms with Gasteiger partial charge < -0.3 is 10.1 Å². The predicted molar refractivity (Wildman–Crippen MR) is 85.6 cm³/mol. The molecule has 24 heavy (non-hydrogen) atoms. The van der Waals surface area contributed by atoms with Crippen LogP contribution in [0.4, 0.5) is 4.39 Å². The number of carbonyl (C=O) groups is 1. The van der Waals surface area contributed by atoms with Gasteiger partial charge in [0, 0.05) is 12.2 Å². The van der Waals surface area contributed by atoms with Crippen molar-refractivity contribution in [1.82, 2.24) is 5.32 Å². The monoisotopic (exact) mass is 325 g/mol. The summed E-state index contributed by atoms with van der Waals surface area (Å²) in [6, 6.07) is 5.80. The Balaban J connectivity index is 2.46. The molecule has 0 aliphatic carbocycles. The molecule has 0 radical (unpaired) electrons. The molecule has 1 heterocycles. The molecule has 1 saturated heterocycles. The van der Waals surface area contributed by atoms with Crippen molar-refractivity contribution in [2.45, 2.75) is 19.3 Å². The van der Waals surface area contributed by atoms with E-state index in [1.54, 1.807) is 0 Å². The van der Waals surface area contributed by atoms with Crippen molar-refractivity contribution < 1.29 is 13.9 Å². The Hall–Kier alpha value is -3.12. The minimum Gasteiger partial charge on any atom is -0.488 e. The van der Waals surface area contributed by atoms with E-state index >= 15 is 0 Å². The second-order valence-corrected chi connectivity index (χ2v) is 5.22. The van der Waals surface area contributed by atoms with E-state index in [0.717, 1.165) is 18.9 Å². The number of Topliss-reactive ketones (excluding diaryl/α,β-unsaturated/α-hetero) is 1. The summed E-state index contributed by atoms with van der Waals surface area (Å²) < 4.78 is 19.6. The molecule has 0 aromatic heterocycles. The highest BCUT2D eigenvalue weighted by molar-refractivity contribution is 6.12. The van der Waals surface area contributed by atoms with Gasteiger partial charge in [0.25, 0.3) is 0 Å². The number of hydrogen-bond acceptors (Lipinski definition) is 5. The number of carbonyl (C=O) groups excluding carboxylic acids is 1. The molecule has 1 fully saturated rings. The van der Waals surface area contributed by atoms with Crippen LogP contribution in [0.3, 0.4) is 0 Å². The van der Waals surface area contributed by atoms with Crippen LogP contribution in [-0.2, 0) is 0 Å². The van der Waals surface area contributed by atoms with Crippen molar-refractivity contribution in [3.05, 3.63) is 53.0 Å². The van der Waals surface area contributed by atoms with Crippen LogP contribution in [0.5, 0.6) is 5.75 Å². The molecular formula is C18H16FN3O2. The number of benzene rings is 1. The molecule has 0 spiro atoms. The Morgan fingerprint density at radius 1 is 1.42 bits per heavy atom. The largest absolute Gasteiger partial charge is 0.488 e. The van der Waals surface area contributed by atoms with E-state index < -0.39 is 11.6 Å². The average molecular weight is 325 g/mol. The lowest BCUT2D eigenvalue weighted by Gasteiger charge is -2.18. The molecule has 0 atom stereocenters. The minimum absolute atomic E-state index is 0.0205. The zero-order valence-corrected chi connectivity index (χ0v) is 13.1. The van der Waals surface area contributed by atoms with Gasteiger partial charge in [-0.05, 0) is 31.4 Å². The van der Waals surface area contributed by atoms with Crippen molar-refractivity contribution in [3.63, 3.8) is 0 Å². The summed E-state index contributed by atoms with van der Waals surface area (Å²) in [5, 5.41) is 21.4. The minimum atomic E-state index is -0.855. The Morgan fingerprint density at radius 3 is 2.79 bits per heavy atom. The molecule has 0 amide bonds. The first-order chi connectivity index (χ1) is 11.6. The van der Waals surface area contributed by atoms with Gasteiger partial charge in [-0.1, -0.05) is 12.7 Å². The lowest BCUT2D eigenvalue weighted by Crippen LogP contribution is -2.23. The molecule has 1 aromatic rings. The summed E-state index contributed by atoms with van der Waals surface area (Å²) in [7, 11) is 0. The number of ether oxygens (including phenoxy) is 1. The van der Waals surface area contributed by atoms with Crippen LogP contribution in [0.1, 0.15) is 35.2 Å². The van der Waals surface area contributed by atoms with Crippen molar-refractivity contribution in [2.24, 2.45) is 0 Å². The molecule has 1 aromatic carbocycles. The summed E-state index contributed by atoms with van der Waals surface area (Å²) in [6.45, 7) is 4.29. The molecular weight excluding hydrogens is 309 g/mol. The SMILES string of the molecule is C=CCOc1cc(C(=O)/C(C#N)=C2/CCCCN2)c(F)cc1C#N. The number of nitrogens with one attached hydrogen (secondary N) is 1. The van der Waals surface area contributed by atoms with Gasteiger partial charge in [0.15, 0.2) is 0 Å². The average Bonchev–Trinajstić information content (AvgIpc) is 2.61. The van der Waals surface area contributed by atoms with E-state index in [2.05, 4.69) is 11.9 Å². The third-order valence-corrected chi connectivity index (χ3v) is 3.62. The maximum absolute atomic E-state index is 14.3. The van der Waals surface area contributed by atoms with Gasteiger partial charge in [-0.3, -0.25) is 4.79 Å². The first kappa shape index (κ1) is 17.2. The third-order valence-electron chi connectivity index (χ3n) is 3.62. The highest BCUT2D eigenvalue weighted by Crippen LogP contribution is 2.26. The van der Waals surface area contributed by atoms with E-state index in [1.165, 1.54) is 12.1 Å². The first-order valence-electron chi connectivity index (χ1n) is 7.51. The number of allylic oxidation sites excluding steroid dienone is 2. The Bertz CT molecular complexity index is 777. The zero-order chi connectivity index (χ0) is 17.5. The smallest absolute Gasteiger partial charge is 0.208 e. The summed E-state index contributed by atoms with van der Waals surface area (Å²) >= 11 is 0. The fourth-order valence-corrected chi connectivity index (χ4v) is 2.44. The standard InChI is InChI=1S/C18H16FN3O2/c1-2-7-24-17-9-13(15(19)8-12(17)10-20)18(23)14(11-21)16-5-3-4-6-22-16/h2,8-9,22H,1,3-7H2/b16-14-. The van der Waals surface area contributed by atoms with Gasteiger partial charge in [0.1, 0.15) is 35.9 Å². The number of hydrogen-bond donors (Lipinski definition) is 1. The Morgan fingerprint density at radius 2 is 2.21 bits per heavy atom. The fourth-order valence-electron chi connectivity index (χ4n) is 2.44. The quantitative estimate of drug-likeness (QED) is 0.389. The van der Waals surface area contributed by atoms with Gasteiger partial charge in [-0.25, -0.2) is 4.39 Å². The maximum atomic E-state index is 14.3. The molecule has 122 valence electrons. The first-order valence-corrected chi connectivity index (χ1v) is 7.51. The van der Waals surface area contributed by atoms with Gasteiger partial charge in [0.05, 0.1) is 11.1 Å². The van der Waals surface area contributed by atoms with E-state index in [4.69, 9.17) is 10.00 Å². The summed E-state index contributed by atoms with van der Waals surface area (Å²) in [6.07, 6.45) is 3.87. The Labute approximate surface area is 139 Å². The molecule has 1 aliphatic rings. The topological polar surface area (TPSA) is 85.9 Å². The number of halogens is 1. The second-order valence-electron chi connectivity index (χ2n) is 5.22. The predicted octanol–water partition coefficient (Wildman–Crippen LogP) is 3.00. The van der Waals surface area contributed by atoms with E-state index in [0.29, 0.717) is 18.7 Å². The normalized spacial score (nSPS) is 15.5. The lowest BCUT2D eigenvalue weighted by atomic mass is 9.97. The third kappa shape index (κ3) is 3.61. The second kappa shape index (κ2) is 7.94. The van der Waals surface area contributed by atoms with Gasteiger partial charge in [-0.15, -0.1) is 0 Å². The molecule has 2 rings (SSSR count). The van der Waals surface area contributed by atoms with Crippen LogP contribution in [0, 0.1) is 28.5 Å². The number of nitrogens with zero attached hydrogens (tertiary/aromatic N) is 2. The Kier molecular flexibility index (Phi) is 5.70. The summed E-state index contributed by atoms with van der Waals surface area (Å²) in [4.78, 5) is 12.6. The van der Waals surface area contributed by atoms with E-state index in [9.17, 15) is 14.4 Å². The molecule has 6 heteroatoms. The summed E-state index contributed by atoms with van der Waals surface area (Å²) in [5.41, 5.74) is 0.122. The number of nitriles is 2. The number of piperidine rings is 1. The molecule has 0 saturated carbocycles. The van der Waals surface area contributed by atoms with Crippen molar-refractivity contribution in [1.29, 1.82) is 10.5 Å². The number of rotatable bonds is 5. The van der Waals surface area contributed by atoms with Crippen LogP contribution in [0.15, 0.2) is 36.1 Å². The molecule has 0 bridgehead atoms. The molecule has 1 N–H and O–H groups in total. The van der Waals surface area contributed by atoms with Crippen molar-refractivity contribution in [3.8, 4) is 17.9 Å².